The largest absolute Gasteiger partial charge is 0.337 e. The zero-order chi connectivity index (χ0) is 23.4. The lowest BCUT2D eigenvalue weighted by Crippen LogP contribution is -2.40. The molecule has 170 valence electrons. The topological polar surface area (TPSA) is 88.1 Å². The molecule has 33 heavy (non-hydrogen) atoms. The van der Waals surface area contributed by atoms with Crippen LogP contribution in [0.15, 0.2) is 48.7 Å². The van der Waals surface area contributed by atoms with Crippen molar-refractivity contribution < 1.29 is 14.0 Å². The summed E-state index contributed by atoms with van der Waals surface area (Å²) in [6, 6.07) is 11.4. The summed E-state index contributed by atoms with van der Waals surface area (Å²) in [6.07, 6.45) is 3.42. The van der Waals surface area contributed by atoms with E-state index in [1.165, 1.54) is 12.1 Å². The van der Waals surface area contributed by atoms with Gasteiger partial charge in [0, 0.05) is 42.2 Å². The molecular formula is C25H26FN5O2. The third kappa shape index (κ3) is 5.22. The average molecular weight is 448 g/mol. The number of aromatic nitrogens is 3. The van der Waals surface area contributed by atoms with Crippen molar-refractivity contribution in [2.75, 3.05) is 18.4 Å². The van der Waals surface area contributed by atoms with Crippen LogP contribution >= 0.6 is 0 Å². The van der Waals surface area contributed by atoms with Crippen LogP contribution in [0.3, 0.4) is 0 Å². The van der Waals surface area contributed by atoms with E-state index < -0.39 is 5.82 Å². The second kappa shape index (κ2) is 9.85. The molecule has 8 heteroatoms. The fourth-order valence-electron chi connectivity index (χ4n) is 4.14. The Kier molecular flexibility index (Phi) is 6.72. The molecule has 1 N–H and O–H groups in total. The summed E-state index contributed by atoms with van der Waals surface area (Å²) < 4.78 is 13.8. The lowest BCUT2D eigenvalue weighted by atomic mass is 9.96. The molecule has 7 nitrogen and oxygen atoms in total. The fraction of sp³-hybridized carbons (Fsp3) is 0.320. The number of anilines is 1. The van der Waals surface area contributed by atoms with Gasteiger partial charge < -0.3 is 10.2 Å². The highest BCUT2D eigenvalue weighted by molar-refractivity contribution is 5.93. The van der Waals surface area contributed by atoms with Crippen molar-refractivity contribution >= 4 is 17.5 Å². The van der Waals surface area contributed by atoms with Crippen LogP contribution in [-0.2, 0) is 11.2 Å². The molecule has 1 fully saturated rings. The van der Waals surface area contributed by atoms with E-state index in [0.717, 1.165) is 18.4 Å². The van der Waals surface area contributed by atoms with E-state index >= 15 is 0 Å². The van der Waals surface area contributed by atoms with Gasteiger partial charge in [0.1, 0.15) is 17.3 Å². The Morgan fingerprint density at radius 2 is 1.82 bits per heavy atom. The SMILES string of the molecule is Cc1nc(C2CCCN(C(=O)c3ccccn3)C2)nc(C)c1CC(=O)Nc1ccccc1F. The number of benzene rings is 1. The summed E-state index contributed by atoms with van der Waals surface area (Å²) in [7, 11) is 0. The molecule has 1 aliphatic heterocycles. The number of piperidine rings is 1. The lowest BCUT2D eigenvalue weighted by Gasteiger charge is -2.32. The second-order valence-electron chi connectivity index (χ2n) is 8.24. The first-order chi connectivity index (χ1) is 15.9. The van der Waals surface area contributed by atoms with E-state index in [0.29, 0.717) is 36.0 Å². The molecule has 1 atom stereocenters. The van der Waals surface area contributed by atoms with E-state index in [2.05, 4.69) is 20.3 Å². The van der Waals surface area contributed by atoms with Crippen LogP contribution in [0.25, 0.3) is 0 Å². The molecule has 1 unspecified atom stereocenters. The van der Waals surface area contributed by atoms with Gasteiger partial charge in [-0.2, -0.15) is 0 Å². The lowest BCUT2D eigenvalue weighted by molar-refractivity contribution is -0.115. The van der Waals surface area contributed by atoms with Gasteiger partial charge in [-0.05, 0) is 51.0 Å². The number of aryl methyl sites for hydroxylation is 2. The number of hydrogen-bond donors (Lipinski definition) is 1. The highest BCUT2D eigenvalue weighted by atomic mass is 19.1. The Morgan fingerprint density at radius 1 is 1.09 bits per heavy atom. The van der Waals surface area contributed by atoms with Gasteiger partial charge in [0.25, 0.3) is 5.91 Å². The molecular weight excluding hydrogens is 421 g/mol. The van der Waals surface area contributed by atoms with E-state index in [4.69, 9.17) is 0 Å². The van der Waals surface area contributed by atoms with Crippen molar-refractivity contribution in [3.8, 4) is 0 Å². The Balaban J connectivity index is 1.47. The van der Waals surface area contributed by atoms with E-state index in [1.54, 1.807) is 41.4 Å². The third-order valence-corrected chi connectivity index (χ3v) is 5.88. The number of hydrogen-bond acceptors (Lipinski definition) is 5. The number of amides is 2. The summed E-state index contributed by atoms with van der Waals surface area (Å²) in [5.74, 6) is -0.192. The van der Waals surface area contributed by atoms with Gasteiger partial charge in [0.2, 0.25) is 5.91 Å². The molecule has 3 heterocycles. The van der Waals surface area contributed by atoms with E-state index in [-0.39, 0.29) is 29.8 Å². The highest BCUT2D eigenvalue weighted by Gasteiger charge is 2.28. The first-order valence-corrected chi connectivity index (χ1v) is 11.0. The summed E-state index contributed by atoms with van der Waals surface area (Å²) >= 11 is 0. The maximum absolute atomic E-state index is 13.8. The van der Waals surface area contributed by atoms with Crippen molar-refractivity contribution in [1.82, 2.24) is 19.9 Å². The van der Waals surface area contributed by atoms with Crippen molar-refractivity contribution in [3.05, 3.63) is 82.9 Å². The van der Waals surface area contributed by atoms with Crippen molar-refractivity contribution in [3.63, 3.8) is 0 Å². The molecule has 1 aliphatic rings. The number of pyridine rings is 1. The molecule has 4 rings (SSSR count). The molecule has 0 aliphatic carbocycles. The number of carbonyl (C=O) groups is 2. The van der Waals surface area contributed by atoms with Crippen LogP contribution in [0.5, 0.6) is 0 Å². The number of carbonyl (C=O) groups excluding carboxylic acids is 2. The summed E-state index contributed by atoms with van der Waals surface area (Å²) in [5.41, 5.74) is 2.74. The van der Waals surface area contributed by atoms with Crippen LogP contribution in [0.1, 0.15) is 52.0 Å². The Bertz CT molecular complexity index is 1150. The minimum atomic E-state index is -0.479. The maximum Gasteiger partial charge on any atom is 0.272 e. The predicted molar refractivity (Wildman–Crippen MR) is 122 cm³/mol. The zero-order valence-electron chi connectivity index (χ0n) is 18.7. The van der Waals surface area contributed by atoms with Crippen molar-refractivity contribution in [2.45, 2.75) is 39.0 Å². The van der Waals surface area contributed by atoms with E-state index in [9.17, 15) is 14.0 Å². The summed E-state index contributed by atoms with van der Waals surface area (Å²) in [5, 5.41) is 2.61. The van der Waals surface area contributed by atoms with Crippen LogP contribution in [0.2, 0.25) is 0 Å². The van der Waals surface area contributed by atoms with Gasteiger partial charge in [-0.15, -0.1) is 0 Å². The number of nitrogens with one attached hydrogen (secondary N) is 1. The second-order valence-corrected chi connectivity index (χ2v) is 8.24. The number of halogens is 1. The molecule has 0 bridgehead atoms. The maximum atomic E-state index is 13.8. The van der Waals surface area contributed by atoms with Gasteiger partial charge in [0.05, 0.1) is 12.1 Å². The molecule has 2 aromatic heterocycles. The number of para-hydroxylation sites is 1. The van der Waals surface area contributed by atoms with Gasteiger partial charge in [-0.25, -0.2) is 14.4 Å². The minimum Gasteiger partial charge on any atom is -0.337 e. The van der Waals surface area contributed by atoms with Crippen LogP contribution in [-0.4, -0.2) is 44.8 Å². The first kappa shape index (κ1) is 22.5. The van der Waals surface area contributed by atoms with Crippen LogP contribution < -0.4 is 5.32 Å². The predicted octanol–water partition coefficient (Wildman–Crippen LogP) is 3.83. The molecule has 0 saturated carbocycles. The smallest absolute Gasteiger partial charge is 0.272 e. The van der Waals surface area contributed by atoms with Gasteiger partial charge >= 0.3 is 0 Å². The fourth-order valence-corrected chi connectivity index (χ4v) is 4.14. The number of likely N-dealkylation sites (tertiary alicyclic amines) is 1. The van der Waals surface area contributed by atoms with Gasteiger partial charge in [0.15, 0.2) is 0 Å². The van der Waals surface area contributed by atoms with Crippen molar-refractivity contribution in [1.29, 1.82) is 0 Å². The summed E-state index contributed by atoms with van der Waals surface area (Å²) in [4.78, 5) is 40.6. The molecule has 1 aromatic carbocycles. The van der Waals surface area contributed by atoms with Crippen LogP contribution in [0.4, 0.5) is 10.1 Å². The van der Waals surface area contributed by atoms with Gasteiger partial charge in [-0.3, -0.25) is 14.6 Å². The first-order valence-electron chi connectivity index (χ1n) is 11.0. The molecule has 0 spiro atoms. The van der Waals surface area contributed by atoms with Crippen LogP contribution in [0, 0.1) is 19.7 Å². The number of nitrogens with zero attached hydrogens (tertiary/aromatic N) is 4. The average Bonchev–Trinajstić information content (AvgIpc) is 2.83. The molecule has 3 aromatic rings. The minimum absolute atomic E-state index is 0.0186. The number of rotatable bonds is 5. The van der Waals surface area contributed by atoms with Gasteiger partial charge in [-0.1, -0.05) is 18.2 Å². The highest BCUT2D eigenvalue weighted by Crippen LogP contribution is 2.27. The third-order valence-electron chi connectivity index (χ3n) is 5.88. The normalized spacial score (nSPS) is 15.8. The Morgan fingerprint density at radius 3 is 2.52 bits per heavy atom. The monoisotopic (exact) mass is 447 g/mol. The zero-order valence-corrected chi connectivity index (χ0v) is 18.7. The van der Waals surface area contributed by atoms with Crippen molar-refractivity contribution in [2.24, 2.45) is 0 Å². The van der Waals surface area contributed by atoms with E-state index in [1.807, 2.05) is 13.8 Å². The quantitative estimate of drug-likeness (QED) is 0.642. The molecule has 0 radical (unpaired) electrons. The standard InChI is InChI=1S/C25H26FN5O2/c1-16-19(14-23(32)30-21-10-4-3-9-20(21)26)17(2)29-24(28-16)18-8-7-13-31(15-18)25(33)22-11-5-6-12-27-22/h3-6,9-12,18H,7-8,13-15H2,1-2H3,(H,30,32). The molecule has 2 amide bonds. The Hall–Kier alpha value is -3.68. The molecule has 1 saturated heterocycles. The Labute approximate surface area is 192 Å². The summed E-state index contributed by atoms with van der Waals surface area (Å²) in [6.45, 7) is 4.91.